The third-order valence-electron chi connectivity index (χ3n) is 4.89. The maximum Gasteiger partial charge on any atom is 0.0423 e. The molecule has 0 bridgehead atoms. The smallest absolute Gasteiger partial charge is 0.0423 e. The van der Waals surface area contributed by atoms with Crippen molar-refractivity contribution < 1.29 is 0 Å². The topological polar surface area (TPSA) is 29.3 Å². The minimum absolute atomic E-state index is 0.514. The second-order valence-corrected chi connectivity index (χ2v) is 7.08. The number of thioether (sulfide) groups is 1. The summed E-state index contributed by atoms with van der Waals surface area (Å²) >= 11 is 1.90. The van der Waals surface area contributed by atoms with Crippen LogP contribution in [-0.2, 0) is 6.54 Å². The Kier molecular flexibility index (Phi) is 5.39. The first kappa shape index (κ1) is 15.7. The van der Waals surface area contributed by atoms with Gasteiger partial charge in [0.2, 0.25) is 0 Å². The Hall–Kier alpha value is -0.670. The second-order valence-electron chi connectivity index (χ2n) is 5.77. The molecule has 0 saturated carbocycles. The number of anilines is 1. The van der Waals surface area contributed by atoms with E-state index in [0.717, 1.165) is 5.75 Å². The van der Waals surface area contributed by atoms with Gasteiger partial charge in [-0.05, 0) is 42.6 Å². The number of nitrogens with two attached hydrogens (primary N) is 1. The Morgan fingerprint density at radius 3 is 2.55 bits per heavy atom. The van der Waals surface area contributed by atoms with Crippen LogP contribution >= 0.6 is 11.8 Å². The van der Waals surface area contributed by atoms with Crippen LogP contribution in [-0.4, -0.2) is 18.8 Å². The van der Waals surface area contributed by atoms with Crippen LogP contribution < -0.4 is 10.6 Å². The molecule has 2 nitrogen and oxygen atoms in total. The van der Waals surface area contributed by atoms with Gasteiger partial charge >= 0.3 is 0 Å². The molecule has 112 valence electrons. The molecule has 3 heteroatoms. The first-order chi connectivity index (χ1) is 9.69. The van der Waals surface area contributed by atoms with Crippen molar-refractivity contribution >= 4 is 17.4 Å². The number of hydrogen-bond acceptors (Lipinski definition) is 3. The highest BCUT2D eigenvalue weighted by Gasteiger charge is 2.35. The summed E-state index contributed by atoms with van der Waals surface area (Å²) in [5.41, 5.74) is 9.26. The number of nitrogens with zero attached hydrogens (tertiary/aromatic N) is 1. The van der Waals surface area contributed by atoms with E-state index in [9.17, 15) is 0 Å². The highest BCUT2D eigenvalue weighted by atomic mass is 32.2. The van der Waals surface area contributed by atoms with E-state index in [2.05, 4.69) is 43.9 Å². The molecule has 1 aromatic rings. The minimum Gasteiger partial charge on any atom is -0.371 e. The van der Waals surface area contributed by atoms with E-state index in [4.69, 9.17) is 5.73 Å². The highest BCUT2D eigenvalue weighted by Crippen LogP contribution is 2.41. The summed E-state index contributed by atoms with van der Waals surface area (Å²) in [6, 6.07) is 6.65. The van der Waals surface area contributed by atoms with Crippen molar-refractivity contribution in [3.8, 4) is 0 Å². The van der Waals surface area contributed by atoms with E-state index in [1.54, 1.807) is 0 Å². The first-order valence-corrected chi connectivity index (χ1v) is 8.88. The van der Waals surface area contributed by atoms with Crippen molar-refractivity contribution in [3.05, 3.63) is 23.8 Å². The molecule has 0 radical (unpaired) electrons. The third kappa shape index (κ3) is 2.99. The number of hydrogen-bond donors (Lipinski definition) is 1. The lowest BCUT2D eigenvalue weighted by Crippen LogP contribution is -2.27. The predicted octanol–water partition coefficient (Wildman–Crippen LogP) is 4.27. The van der Waals surface area contributed by atoms with Gasteiger partial charge in [0.25, 0.3) is 0 Å². The molecule has 1 aliphatic heterocycles. The fourth-order valence-electron chi connectivity index (χ4n) is 3.31. The van der Waals surface area contributed by atoms with E-state index in [1.807, 2.05) is 11.8 Å². The molecule has 1 aliphatic rings. The molecular weight excluding hydrogens is 264 g/mol. The zero-order chi connectivity index (χ0) is 14.6. The fraction of sp³-hybridized carbons (Fsp3) is 0.647. The van der Waals surface area contributed by atoms with Crippen LogP contribution in [0.25, 0.3) is 0 Å². The van der Waals surface area contributed by atoms with Crippen molar-refractivity contribution in [2.75, 3.05) is 23.7 Å². The van der Waals surface area contributed by atoms with E-state index < -0.39 is 0 Å². The fourth-order valence-corrected chi connectivity index (χ4v) is 4.16. The van der Waals surface area contributed by atoms with Gasteiger partial charge in [0.15, 0.2) is 0 Å². The van der Waals surface area contributed by atoms with Crippen LogP contribution in [0.15, 0.2) is 23.1 Å². The van der Waals surface area contributed by atoms with Crippen LogP contribution in [0.1, 0.15) is 45.6 Å². The van der Waals surface area contributed by atoms with Gasteiger partial charge in [0.05, 0.1) is 0 Å². The maximum absolute atomic E-state index is 6.04. The van der Waals surface area contributed by atoms with Gasteiger partial charge in [0.1, 0.15) is 0 Å². The normalized spacial score (nSPS) is 17.7. The minimum atomic E-state index is 0.514. The first-order valence-electron chi connectivity index (χ1n) is 7.89. The Morgan fingerprint density at radius 2 is 2.00 bits per heavy atom. The molecular formula is C17H28N2S. The lowest BCUT2D eigenvalue weighted by molar-refractivity contribution is 0.301. The second kappa shape index (κ2) is 6.86. The van der Waals surface area contributed by atoms with Crippen molar-refractivity contribution in [1.29, 1.82) is 0 Å². The number of benzene rings is 1. The van der Waals surface area contributed by atoms with Crippen molar-refractivity contribution in [3.63, 3.8) is 0 Å². The molecule has 0 spiro atoms. The average Bonchev–Trinajstić information content (AvgIpc) is 2.92. The molecule has 0 atom stereocenters. The molecule has 20 heavy (non-hydrogen) atoms. The Labute approximate surface area is 128 Å². The van der Waals surface area contributed by atoms with Crippen molar-refractivity contribution in [2.45, 2.75) is 51.5 Å². The summed E-state index contributed by atoms with van der Waals surface area (Å²) in [5.74, 6) is 1.10. The van der Waals surface area contributed by atoms with Gasteiger partial charge < -0.3 is 10.6 Å². The van der Waals surface area contributed by atoms with Crippen LogP contribution in [0.2, 0.25) is 0 Å². The zero-order valence-corrected chi connectivity index (χ0v) is 13.9. The summed E-state index contributed by atoms with van der Waals surface area (Å²) < 4.78 is 0. The molecule has 2 N–H and O–H groups in total. The molecule has 0 aliphatic carbocycles. The van der Waals surface area contributed by atoms with Crippen LogP contribution in [0.4, 0.5) is 5.69 Å². The molecule has 0 amide bonds. The SMILES string of the molecule is CCSc1cccc(N2CCC(CC)(CC)C2)c1CN. The van der Waals surface area contributed by atoms with Crippen molar-refractivity contribution in [2.24, 2.45) is 11.1 Å². The quantitative estimate of drug-likeness (QED) is 0.794. The summed E-state index contributed by atoms with van der Waals surface area (Å²) in [6.45, 7) is 9.87. The van der Waals surface area contributed by atoms with Crippen LogP contribution in [0.3, 0.4) is 0 Å². The average molecular weight is 292 g/mol. The monoisotopic (exact) mass is 292 g/mol. The van der Waals surface area contributed by atoms with Crippen LogP contribution in [0.5, 0.6) is 0 Å². The zero-order valence-electron chi connectivity index (χ0n) is 13.1. The van der Waals surface area contributed by atoms with Crippen molar-refractivity contribution in [1.82, 2.24) is 0 Å². The lowest BCUT2D eigenvalue weighted by Gasteiger charge is -2.28. The summed E-state index contributed by atoms with van der Waals surface area (Å²) in [4.78, 5) is 3.92. The maximum atomic E-state index is 6.04. The third-order valence-corrected chi connectivity index (χ3v) is 5.87. The largest absolute Gasteiger partial charge is 0.371 e. The van der Waals surface area contributed by atoms with E-state index in [-0.39, 0.29) is 0 Å². The van der Waals surface area contributed by atoms with E-state index >= 15 is 0 Å². The Balaban J connectivity index is 2.27. The number of rotatable bonds is 6. The van der Waals surface area contributed by atoms with Crippen LogP contribution in [0, 0.1) is 5.41 Å². The van der Waals surface area contributed by atoms with Gasteiger partial charge in [-0.2, -0.15) is 0 Å². The molecule has 1 fully saturated rings. The van der Waals surface area contributed by atoms with Gasteiger partial charge in [-0.25, -0.2) is 0 Å². The molecule has 1 aromatic carbocycles. The molecule has 1 saturated heterocycles. The molecule has 0 aromatic heterocycles. The Morgan fingerprint density at radius 1 is 1.25 bits per heavy atom. The van der Waals surface area contributed by atoms with Gasteiger partial charge in [-0.15, -0.1) is 11.8 Å². The van der Waals surface area contributed by atoms with E-state index in [1.165, 1.54) is 48.5 Å². The van der Waals surface area contributed by atoms with E-state index in [0.29, 0.717) is 12.0 Å². The summed E-state index contributed by atoms with van der Waals surface area (Å²) in [7, 11) is 0. The lowest BCUT2D eigenvalue weighted by atomic mass is 9.82. The standard InChI is InChI=1S/C17H28N2S/c1-4-17(5-2)10-11-19(13-17)15-8-7-9-16(20-6-3)14(15)12-18/h7-9H,4-6,10-13,18H2,1-3H3. The Bertz CT molecular complexity index is 441. The molecule has 0 unspecified atom stereocenters. The predicted molar refractivity (Wildman–Crippen MR) is 90.6 cm³/mol. The molecule has 1 heterocycles. The highest BCUT2D eigenvalue weighted by molar-refractivity contribution is 7.99. The van der Waals surface area contributed by atoms with Gasteiger partial charge in [0, 0.05) is 35.8 Å². The van der Waals surface area contributed by atoms with Gasteiger partial charge in [-0.3, -0.25) is 0 Å². The summed E-state index contributed by atoms with van der Waals surface area (Å²) in [5, 5.41) is 0. The van der Waals surface area contributed by atoms with Gasteiger partial charge in [-0.1, -0.05) is 26.8 Å². The summed E-state index contributed by atoms with van der Waals surface area (Å²) in [6.07, 6.45) is 3.87. The molecule has 2 rings (SSSR count).